The van der Waals surface area contributed by atoms with E-state index in [-0.39, 0.29) is 37.6 Å². The topological polar surface area (TPSA) is 102 Å². The number of aliphatic hydroxyl groups excluding tert-OH is 1. The van der Waals surface area contributed by atoms with Gasteiger partial charge in [-0.15, -0.1) is 0 Å². The summed E-state index contributed by atoms with van der Waals surface area (Å²) >= 11 is 0. The summed E-state index contributed by atoms with van der Waals surface area (Å²) < 4.78 is 18.0. The Balaban J connectivity index is 3.23. The number of nitrogens with zero attached hydrogens (tertiary/aromatic N) is 3. The van der Waals surface area contributed by atoms with Crippen LogP contribution >= 0.6 is 0 Å². The number of nitrogens with one attached hydrogen (secondary N) is 1. The number of hydrazine groups is 1. The zero-order valence-corrected chi connectivity index (χ0v) is 18.5. The number of carbonyl (C=O) groups is 3. The maximum Gasteiger partial charge on any atom is 0.277 e. The van der Waals surface area contributed by atoms with Crippen LogP contribution < -0.4 is 5.32 Å². The molecule has 0 spiro atoms. The summed E-state index contributed by atoms with van der Waals surface area (Å²) in [7, 11) is 1.54. The van der Waals surface area contributed by atoms with Crippen LogP contribution in [0.4, 0.5) is 4.39 Å². The number of methoxy groups -OCH3 is 1. The smallest absolute Gasteiger partial charge is 0.277 e. The summed E-state index contributed by atoms with van der Waals surface area (Å²) in [5, 5.41) is 15.8. The fourth-order valence-corrected chi connectivity index (χ4v) is 2.76. The molecule has 1 saturated heterocycles. The van der Waals surface area contributed by atoms with Gasteiger partial charge in [-0.25, -0.2) is 14.4 Å². The number of allylic oxidation sites excluding steroid dienone is 1. The van der Waals surface area contributed by atoms with E-state index in [0.29, 0.717) is 18.6 Å². The lowest BCUT2D eigenvalue weighted by Gasteiger charge is -2.43. The molecule has 10 heteroatoms. The minimum Gasteiger partial charge on any atom is -0.503 e. The molecule has 2 amide bonds. The Bertz CT molecular complexity index is 806. The molecule has 0 atom stereocenters. The molecule has 0 aromatic carbocycles. The molecule has 0 aromatic heterocycles. The molecule has 1 aliphatic rings. The molecule has 1 aliphatic heterocycles. The Morgan fingerprint density at radius 2 is 1.90 bits per heavy atom. The van der Waals surface area contributed by atoms with Crippen molar-refractivity contribution in [3.8, 4) is 0 Å². The molecule has 0 unspecified atom stereocenters. The van der Waals surface area contributed by atoms with Crippen molar-refractivity contribution in [2.45, 2.75) is 27.2 Å². The molecule has 0 aromatic rings. The SMILES string of the molecule is C=C(F)C(=C)CNC/C(C)=C/N1/C(=C(/O)C(C)=O)C(=O)N(CCCOC)CN1C(C)=O. The van der Waals surface area contributed by atoms with Gasteiger partial charge in [-0.2, -0.15) is 0 Å². The zero-order chi connectivity index (χ0) is 23.7. The lowest BCUT2D eigenvalue weighted by atomic mass is 10.2. The monoisotopic (exact) mass is 438 g/mol. The number of hydrogen-bond acceptors (Lipinski definition) is 7. The van der Waals surface area contributed by atoms with Crippen LogP contribution in [0.15, 0.2) is 47.8 Å². The van der Waals surface area contributed by atoms with Crippen molar-refractivity contribution in [1.82, 2.24) is 20.2 Å². The first-order chi connectivity index (χ1) is 14.5. The Hall–Kier alpha value is -2.98. The molecule has 0 bridgehead atoms. The molecule has 1 rings (SSSR count). The predicted molar refractivity (Wildman–Crippen MR) is 114 cm³/mol. The Labute approximate surface area is 182 Å². The van der Waals surface area contributed by atoms with Crippen LogP contribution in [0.25, 0.3) is 0 Å². The molecule has 172 valence electrons. The van der Waals surface area contributed by atoms with E-state index in [1.54, 1.807) is 6.92 Å². The van der Waals surface area contributed by atoms with Gasteiger partial charge in [-0.1, -0.05) is 13.2 Å². The second-order valence-corrected chi connectivity index (χ2v) is 7.16. The van der Waals surface area contributed by atoms with Gasteiger partial charge in [-0.3, -0.25) is 14.4 Å². The highest BCUT2D eigenvalue weighted by atomic mass is 19.1. The van der Waals surface area contributed by atoms with E-state index in [0.717, 1.165) is 6.92 Å². The van der Waals surface area contributed by atoms with Crippen molar-refractivity contribution < 1.29 is 28.6 Å². The van der Waals surface area contributed by atoms with E-state index >= 15 is 0 Å². The first kappa shape index (κ1) is 26.1. The van der Waals surface area contributed by atoms with E-state index in [2.05, 4.69) is 18.5 Å². The van der Waals surface area contributed by atoms with Gasteiger partial charge in [0.1, 0.15) is 12.5 Å². The van der Waals surface area contributed by atoms with Crippen LogP contribution in [0.2, 0.25) is 0 Å². The summed E-state index contributed by atoms with van der Waals surface area (Å²) in [5.41, 5.74) is 0.540. The van der Waals surface area contributed by atoms with Gasteiger partial charge in [-0.05, 0) is 24.5 Å². The zero-order valence-electron chi connectivity index (χ0n) is 18.5. The average molecular weight is 439 g/mol. The molecule has 9 nitrogen and oxygen atoms in total. The predicted octanol–water partition coefficient (Wildman–Crippen LogP) is 1.78. The Morgan fingerprint density at radius 1 is 1.26 bits per heavy atom. The minimum atomic E-state index is -0.744. The minimum absolute atomic E-state index is 0.0533. The molecular weight excluding hydrogens is 407 g/mol. The summed E-state index contributed by atoms with van der Waals surface area (Å²) in [6, 6.07) is 0. The molecular formula is C21H31FN4O5. The van der Waals surface area contributed by atoms with E-state index < -0.39 is 29.2 Å². The molecule has 0 saturated carbocycles. The Morgan fingerprint density at radius 3 is 2.42 bits per heavy atom. The lowest BCUT2D eigenvalue weighted by molar-refractivity contribution is -0.159. The van der Waals surface area contributed by atoms with Crippen LogP contribution in [0.3, 0.4) is 0 Å². The largest absolute Gasteiger partial charge is 0.503 e. The standard InChI is InChI=1S/C21H31FN4O5/c1-14(10-23-11-15(2)16(3)22)12-25-19(20(29)17(4)27)21(30)24(8-7-9-31-6)13-26(25)18(5)28/h12,23,29H,2-3,7-11,13H2,1,4-6H3/b14-12+,20-19+. The molecule has 1 fully saturated rings. The quantitative estimate of drug-likeness (QED) is 0.219. The maximum atomic E-state index is 13.0. The fourth-order valence-electron chi connectivity index (χ4n) is 2.76. The highest BCUT2D eigenvalue weighted by molar-refractivity contribution is 6.03. The number of ether oxygens (including phenoxy) is 1. The number of halogens is 1. The molecule has 0 aliphatic carbocycles. The lowest BCUT2D eigenvalue weighted by Crippen LogP contribution is -2.58. The van der Waals surface area contributed by atoms with Gasteiger partial charge in [0.05, 0.1) is 0 Å². The van der Waals surface area contributed by atoms with Crippen molar-refractivity contribution in [3.05, 3.63) is 47.8 Å². The van der Waals surface area contributed by atoms with E-state index in [9.17, 15) is 23.9 Å². The van der Waals surface area contributed by atoms with Crippen LogP contribution in [0.5, 0.6) is 0 Å². The Kier molecular flexibility index (Phi) is 10.1. The highest BCUT2D eigenvalue weighted by Crippen LogP contribution is 2.24. The molecule has 1 heterocycles. The highest BCUT2D eigenvalue weighted by Gasteiger charge is 2.38. The number of carbonyl (C=O) groups excluding carboxylic acids is 3. The first-order valence-corrected chi connectivity index (χ1v) is 9.71. The van der Waals surface area contributed by atoms with Gasteiger partial charge in [0.15, 0.2) is 17.2 Å². The number of aliphatic hydroxyl groups is 1. The second kappa shape index (κ2) is 12.0. The van der Waals surface area contributed by atoms with Crippen molar-refractivity contribution >= 4 is 17.6 Å². The number of ketones is 1. The van der Waals surface area contributed by atoms with Crippen molar-refractivity contribution in [2.75, 3.05) is 40.0 Å². The van der Waals surface area contributed by atoms with Crippen LogP contribution in [-0.4, -0.2) is 77.6 Å². The van der Waals surface area contributed by atoms with Crippen LogP contribution in [-0.2, 0) is 19.1 Å². The number of Topliss-reactive ketones (excluding diaryl/α,β-unsaturated/α-hetero) is 1. The number of rotatable bonds is 11. The first-order valence-electron chi connectivity index (χ1n) is 9.71. The van der Waals surface area contributed by atoms with E-state index in [4.69, 9.17) is 4.74 Å². The normalized spacial score (nSPS) is 16.5. The summed E-state index contributed by atoms with van der Waals surface area (Å²) in [5.74, 6) is -3.05. The van der Waals surface area contributed by atoms with Crippen molar-refractivity contribution in [3.63, 3.8) is 0 Å². The second-order valence-electron chi connectivity index (χ2n) is 7.16. The van der Waals surface area contributed by atoms with Gasteiger partial charge in [0.2, 0.25) is 5.91 Å². The number of amides is 2. The molecule has 31 heavy (non-hydrogen) atoms. The van der Waals surface area contributed by atoms with Gasteiger partial charge in [0.25, 0.3) is 5.91 Å². The van der Waals surface area contributed by atoms with E-state index in [1.807, 2.05) is 0 Å². The third-order valence-corrected chi connectivity index (χ3v) is 4.45. The van der Waals surface area contributed by atoms with Gasteiger partial charge in [0, 0.05) is 53.4 Å². The third-order valence-electron chi connectivity index (χ3n) is 4.45. The fraction of sp³-hybridized carbons (Fsp3) is 0.476. The molecule has 2 N–H and O–H groups in total. The summed E-state index contributed by atoms with van der Waals surface area (Å²) in [6.07, 6.45) is 1.99. The van der Waals surface area contributed by atoms with Crippen LogP contribution in [0.1, 0.15) is 27.2 Å². The maximum absolute atomic E-state index is 13.0. The van der Waals surface area contributed by atoms with Crippen LogP contribution in [0, 0.1) is 0 Å². The average Bonchev–Trinajstić information content (AvgIpc) is 2.68. The van der Waals surface area contributed by atoms with E-state index in [1.165, 1.54) is 35.2 Å². The van der Waals surface area contributed by atoms with Crippen molar-refractivity contribution in [2.24, 2.45) is 0 Å². The number of hydrogen-bond donors (Lipinski definition) is 2. The third kappa shape index (κ3) is 7.34. The van der Waals surface area contributed by atoms with Gasteiger partial charge < -0.3 is 20.1 Å². The van der Waals surface area contributed by atoms with Gasteiger partial charge >= 0.3 is 0 Å². The summed E-state index contributed by atoms with van der Waals surface area (Å²) in [4.78, 5) is 38.6. The molecule has 0 radical (unpaired) electrons. The van der Waals surface area contributed by atoms with Crippen molar-refractivity contribution in [1.29, 1.82) is 0 Å². The summed E-state index contributed by atoms with van der Waals surface area (Å²) in [6.45, 7) is 11.9.